The fourth-order valence-electron chi connectivity index (χ4n) is 5.30. The molecule has 1 aliphatic carbocycles. The number of carbonyl (C=O) groups excluding carboxylic acids is 2. The Morgan fingerprint density at radius 1 is 1.03 bits per heavy atom. The number of allylic oxidation sites excluding steroid dienone is 3. The highest BCUT2D eigenvalue weighted by Crippen LogP contribution is 2.49. The molecule has 0 aromatic heterocycles. The van der Waals surface area contributed by atoms with Gasteiger partial charge < -0.3 is 24.3 Å². The zero-order valence-corrected chi connectivity index (χ0v) is 24.5. The lowest BCUT2D eigenvalue weighted by molar-refractivity contribution is -0.138. The second kappa shape index (κ2) is 12.8. The van der Waals surface area contributed by atoms with E-state index in [-0.39, 0.29) is 18.3 Å². The third-order valence-electron chi connectivity index (χ3n) is 7.07. The van der Waals surface area contributed by atoms with Gasteiger partial charge in [-0.1, -0.05) is 30.7 Å². The van der Waals surface area contributed by atoms with E-state index < -0.39 is 11.9 Å². The van der Waals surface area contributed by atoms with Crippen molar-refractivity contribution >= 4 is 35.1 Å². The standard InChI is InChI=1S/C30H34ClNO6S/c1-6-39-12-11-38-30(34)26-17(2)32-22-13-19(18-7-9-21(31)10-8-18)14-23(33)28(22)27(26)20-15-24(35-3)29(37-5)25(16-20)36-4/h7-10,15-16,19,27,32H,6,11-14H2,1-5H3/t19-,27+/m1/s1. The molecular weight excluding hydrogens is 538 g/mol. The number of ketones is 1. The van der Waals surface area contributed by atoms with Crippen LogP contribution < -0.4 is 19.5 Å². The minimum atomic E-state index is -0.653. The Morgan fingerprint density at radius 2 is 1.69 bits per heavy atom. The van der Waals surface area contributed by atoms with Crippen LogP contribution in [0.2, 0.25) is 5.02 Å². The molecule has 9 heteroatoms. The van der Waals surface area contributed by atoms with E-state index in [1.807, 2.05) is 31.2 Å². The Labute approximate surface area is 238 Å². The average molecular weight is 572 g/mol. The Hall–Kier alpha value is -3.10. The molecule has 1 heterocycles. The topological polar surface area (TPSA) is 83.1 Å². The highest BCUT2D eigenvalue weighted by molar-refractivity contribution is 7.99. The van der Waals surface area contributed by atoms with Crippen LogP contribution in [0.25, 0.3) is 0 Å². The van der Waals surface area contributed by atoms with Crippen LogP contribution >= 0.6 is 23.4 Å². The first kappa shape index (κ1) is 28.9. The summed E-state index contributed by atoms with van der Waals surface area (Å²) >= 11 is 7.80. The quantitative estimate of drug-likeness (QED) is 0.274. The van der Waals surface area contributed by atoms with Gasteiger partial charge in [-0.2, -0.15) is 11.8 Å². The fourth-order valence-corrected chi connectivity index (χ4v) is 5.91. The smallest absolute Gasteiger partial charge is 0.336 e. The van der Waals surface area contributed by atoms with Crippen molar-refractivity contribution in [1.29, 1.82) is 0 Å². The van der Waals surface area contributed by atoms with E-state index in [2.05, 4.69) is 12.2 Å². The highest BCUT2D eigenvalue weighted by Gasteiger charge is 2.42. The number of dihydropyridines is 1. The van der Waals surface area contributed by atoms with Crippen molar-refractivity contribution in [2.24, 2.45) is 0 Å². The fraction of sp³-hybridized carbons (Fsp3) is 0.400. The summed E-state index contributed by atoms with van der Waals surface area (Å²) in [5, 5.41) is 4.04. The lowest BCUT2D eigenvalue weighted by Crippen LogP contribution is -2.36. The number of benzene rings is 2. The maximum Gasteiger partial charge on any atom is 0.336 e. The minimum Gasteiger partial charge on any atom is -0.493 e. The molecule has 39 heavy (non-hydrogen) atoms. The average Bonchev–Trinajstić information content (AvgIpc) is 2.93. The third-order valence-corrected chi connectivity index (χ3v) is 8.19. The first-order valence-electron chi connectivity index (χ1n) is 12.9. The normalized spacial score (nSPS) is 18.9. The lowest BCUT2D eigenvalue weighted by Gasteiger charge is -2.37. The summed E-state index contributed by atoms with van der Waals surface area (Å²) in [7, 11) is 4.62. The summed E-state index contributed by atoms with van der Waals surface area (Å²) in [6.07, 6.45) is 0.939. The van der Waals surface area contributed by atoms with Crippen molar-refractivity contribution in [2.75, 3.05) is 39.4 Å². The molecule has 0 saturated carbocycles. The molecule has 0 fully saturated rings. The van der Waals surface area contributed by atoms with Crippen molar-refractivity contribution in [3.05, 3.63) is 75.1 Å². The largest absolute Gasteiger partial charge is 0.493 e. The second-order valence-electron chi connectivity index (χ2n) is 9.36. The number of thioether (sulfide) groups is 1. The van der Waals surface area contributed by atoms with Gasteiger partial charge in [-0.25, -0.2) is 4.79 Å². The summed E-state index contributed by atoms with van der Waals surface area (Å²) in [4.78, 5) is 27.4. The van der Waals surface area contributed by atoms with Crippen LogP contribution in [0.15, 0.2) is 58.9 Å². The van der Waals surface area contributed by atoms with Gasteiger partial charge in [-0.05, 0) is 60.4 Å². The van der Waals surface area contributed by atoms with E-state index in [0.717, 1.165) is 17.0 Å². The molecule has 0 spiro atoms. The predicted molar refractivity (Wildman–Crippen MR) is 154 cm³/mol. The lowest BCUT2D eigenvalue weighted by atomic mass is 9.71. The Bertz CT molecular complexity index is 1280. The monoisotopic (exact) mass is 571 g/mol. The molecule has 7 nitrogen and oxygen atoms in total. The van der Waals surface area contributed by atoms with Gasteiger partial charge in [0.05, 0.1) is 26.9 Å². The number of carbonyl (C=O) groups is 2. The van der Waals surface area contributed by atoms with Crippen LogP contribution in [0, 0.1) is 0 Å². The van der Waals surface area contributed by atoms with Crippen molar-refractivity contribution in [2.45, 2.75) is 38.5 Å². The number of esters is 1. The predicted octanol–water partition coefficient (Wildman–Crippen LogP) is 6.02. The molecule has 208 valence electrons. The zero-order chi connectivity index (χ0) is 28.1. The molecule has 2 atom stereocenters. The van der Waals surface area contributed by atoms with Crippen LogP contribution in [-0.4, -0.2) is 51.2 Å². The van der Waals surface area contributed by atoms with Crippen LogP contribution in [0.1, 0.15) is 49.7 Å². The van der Waals surface area contributed by atoms with Gasteiger partial charge in [0.1, 0.15) is 6.61 Å². The molecule has 1 aliphatic heterocycles. The van der Waals surface area contributed by atoms with Gasteiger partial charge in [0.25, 0.3) is 0 Å². The molecule has 0 bridgehead atoms. The maximum absolute atomic E-state index is 13.9. The van der Waals surface area contributed by atoms with Gasteiger partial charge in [0.15, 0.2) is 17.3 Å². The molecule has 1 N–H and O–H groups in total. The Balaban J connectivity index is 1.81. The molecule has 2 aromatic rings. The van der Waals surface area contributed by atoms with Gasteiger partial charge >= 0.3 is 5.97 Å². The van der Waals surface area contributed by atoms with Gasteiger partial charge in [-0.3, -0.25) is 4.79 Å². The number of hydrogen-bond donors (Lipinski definition) is 1. The summed E-state index contributed by atoms with van der Waals surface area (Å²) in [5.74, 6) is 1.83. The molecule has 0 amide bonds. The van der Waals surface area contributed by atoms with E-state index in [9.17, 15) is 9.59 Å². The van der Waals surface area contributed by atoms with Gasteiger partial charge in [0.2, 0.25) is 5.75 Å². The highest BCUT2D eigenvalue weighted by atomic mass is 35.5. The molecule has 2 aromatic carbocycles. The number of ether oxygens (including phenoxy) is 4. The summed E-state index contributed by atoms with van der Waals surface area (Å²) in [6.45, 7) is 4.20. The van der Waals surface area contributed by atoms with Gasteiger partial charge in [-0.15, -0.1) is 0 Å². The second-order valence-corrected chi connectivity index (χ2v) is 11.2. The number of methoxy groups -OCH3 is 3. The molecule has 2 aliphatic rings. The van der Waals surface area contributed by atoms with Crippen molar-refractivity contribution in [1.82, 2.24) is 5.32 Å². The van der Waals surface area contributed by atoms with E-state index in [0.29, 0.717) is 63.3 Å². The first-order chi connectivity index (χ1) is 18.8. The molecule has 0 saturated heterocycles. The maximum atomic E-state index is 13.9. The number of nitrogens with one attached hydrogen (secondary N) is 1. The van der Waals surface area contributed by atoms with Crippen molar-refractivity contribution in [3.8, 4) is 17.2 Å². The molecular formula is C30H34ClNO6S. The van der Waals surface area contributed by atoms with Crippen LogP contribution in [-0.2, 0) is 14.3 Å². The molecule has 4 rings (SSSR count). The SMILES string of the molecule is CCSCCOC(=O)C1=C(C)NC2=C(C(=O)C[C@H](c3ccc(Cl)cc3)C2)[C@H]1c1cc(OC)c(OC)c(OC)c1. The third kappa shape index (κ3) is 6.07. The number of hydrogen-bond acceptors (Lipinski definition) is 8. The Kier molecular flexibility index (Phi) is 9.51. The number of rotatable bonds is 10. The summed E-state index contributed by atoms with van der Waals surface area (Å²) in [5.41, 5.74) is 4.17. The Morgan fingerprint density at radius 3 is 2.28 bits per heavy atom. The number of Topliss-reactive ketones (excluding diaryl/α,β-unsaturated/α-hetero) is 1. The van der Waals surface area contributed by atoms with E-state index in [1.54, 1.807) is 38.1 Å². The zero-order valence-electron chi connectivity index (χ0n) is 22.9. The first-order valence-corrected chi connectivity index (χ1v) is 14.4. The minimum absolute atomic E-state index is 0.00558. The van der Waals surface area contributed by atoms with E-state index in [4.69, 9.17) is 30.5 Å². The van der Waals surface area contributed by atoms with Crippen molar-refractivity contribution in [3.63, 3.8) is 0 Å². The van der Waals surface area contributed by atoms with Crippen molar-refractivity contribution < 1.29 is 28.5 Å². The van der Waals surface area contributed by atoms with E-state index >= 15 is 0 Å². The number of halogens is 1. The molecule has 0 unspecified atom stereocenters. The van der Waals surface area contributed by atoms with E-state index in [1.165, 1.54) is 7.11 Å². The molecule has 0 radical (unpaired) electrons. The van der Waals surface area contributed by atoms with Crippen LogP contribution in [0.4, 0.5) is 0 Å². The summed E-state index contributed by atoms with van der Waals surface area (Å²) in [6, 6.07) is 11.2. The van der Waals surface area contributed by atoms with Gasteiger partial charge in [0, 0.05) is 40.1 Å². The summed E-state index contributed by atoms with van der Waals surface area (Å²) < 4.78 is 22.4. The van der Waals surface area contributed by atoms with Crippen LogP contribution in [0.3, 0.4) is 0 Å². The van der Waals surface area contributed by atoms with Crippen LogP contribution in [0.5, 0.6) is 17.2 Å².